The molecule has 4 heavy (non-hydrogen) atoms. The Hall–Kier alpha value is 3.17. The van der Waals surface area contributed by atoms with Crippen LogP contribution in [-0.2, 0) is 36.5 Å². The molecule has 0 heterocycles. The van der Waals surface area contributed by atoms with Gasteiger partial charge in [-0.15, -0.1) is 0 Å². The molecule has 0 spiro atoms. The fraction of sp³-hybridized carbons (Fsp3) is 0. The van der Waals surface area contributed by atoms with Gasteiger partial charge in [-0.1, -0.05) is 0 Å². The smallest absolute Gasteiger partial charge is 1.00 e. The first kappa shape index (κ1) is 27.2. The van der Waals surface area contributed by atoms with E-state index in [0.29, 0.717) is 0 Å². The molecule has 0 aliphatic carbocycles. The summed E-state index contributed by atoms with van der Waals surface area (Å²) in [6.45, 7) is 0. The van der Waals surface area contributed by atoms with Crippen molar-refractivity contribution in [3.8, 4) is 0 Å². The summed E-state index contributed by atoms with van der Waals surface area (Å²) in [6, 6.07) is 0. The Labute approximate surface area is 101 Å². The molecule has 0 unspecified atom stereocenters. The van der Waals surface area contributed by atoms with Gasteiger partial charge in [0.1, 0.15) is 0 Å². The molecule has 21 valence electrons. The minimum atomic E-state index is 0. The first-order chi connectivity index (χ1) is 0. The van der Waals surface area contributed by atoms with Crippen molar-refractivity contribution in [1.29, 1.82) is 0 Å². The molecule has 0 aliphatic heterocycles. The fourth-order valence-electron chi connectivity index (χ4n) is 0. The van der Waals surface area contributed by atoms with Crippen LogP contribution in [0.5, 0.6) is 0 Å². The molecule has 0 saturated heterocycles. The quantitative estimate of drug-likeness (QED) is 0.467. The minimum absolute atomic E-state index is 0. The summed E-state index contributed by atoms with van der Waals surface area (Å²) in [4.78, 5) is 0. The van der Waals surface area contributed by atoms with E-state index in [0.717, 1.165) is 0 Å². The van der Waals surface area contributed by atoms with E-state index in [1.165, 1.54) is 0 Å². The molecule has 0 rings (SSSR count). The van der Waals surface area contributed by atoms with Crippen LogP contribution >= 0.6 is 0 Å². The van der Waals surface area contributed by atoms with Crippen LogP contribution in [0.4, 0.5) is 0 Å². The molecular weight excluding hydrogens is 193 g/mol. The Kier molecular flexibility index (Phi) is 111. The largest absolute Gasteiger partial charge is 2.00 e. The monoisotopic (exact) mass is 195 g/mol. The van der Waals surface area contributed by atoms with Crippen molar-refractivity contribution < 1.29 is 42.3 Å². The molecule has 0 aromatic rings. The van der Waals surface area contributed by atoms with Gasteiger partial charge in [-0.2, -0.15) is 0 Å². The van der Waals surface area contributed by atoms with E-state index < -0.39 is 0 Å². The zero-order chi connectivity index (χ0) is 0. The molecule has 0 aromatic carbocycles. The van der Waals surface area contributed by atoms with Gasteiger partial charge in [0.25, 0.3) is 0 Å². The summed E-state index contributed by atoms with van der Waals surface area (Å²) in [5, 5.41) is 0. The van der Waals surface area contributed by atoms with Crippen molar-refractivity contribution in [1.82, 2.24) is 0 Å². The molecule has 0 fully saturated rings. The Bertz CT molecular complexity index is 16.0. The van der Waals surface area contributed by atoms with E-state index in [2.05, 4.69) is 0 Å². The minimum Gasteiger partial charge on any atom is -1.00 e. The van der Waals surface area contributed by atoms with Gasteiger partial charge < -0.3 is 5.71 Å². The van der Waals surface area contributed by atoms with E-state index in [4.69, 9.17) is 0 Å². The third-order valence-corrected chi connectivity index (χ3v) is 0. The standard InChI is InChI=1S/Ca.Cu.Mg.Zn.4H/q+2;;+2;;4*-1. The van der Waals surface area contributed by atoms with E-state index >= 15 is 0 Å². The molecule has 1 radical (unpaired) electrons. The average molecular weight is 197 g/mol. The predicted molar refractivity (Wildman–Crippen MR) is 16.0 cm³/mol. The zero-order valence-electron chi connectivity index (χ0n) is 6.42. The molecule has 0 amide bonds. The van der Waals surface area contributed by atoms with E-state index in [1.807, 2.05) is 0 Å². The third kappa shape index (κ3) is 8.95. The maximum Gasteiger partial charge on any atom is 2.00 e. The van der Waals surface area contributed by atoms with E-state index in [-0.39, 0.29) is 103 Å². The third-order valence-electron chi connectivity index (χ3n) is 0. The summed E-state index contributed by atoms with van der Waals surface area (Å²) in [5.41, 5.74) is 0. The van der Waals surface area contributed by atoms with Crippen molar-refractivity contribution in [3.63, 3.8) is 0 Å². The Morgan fingerprint density at radius 2 is 1.25 bits per heavy atom. The van der Waals surface area contributed by atoms with Crippen molar-refractivity contribution in [2.45, 2.75) is 0 Å². The Balaban J connectivity index is 0. The molecule has 0 N–H and O–H groups in total. The number of hydrogen-bond donors (Lipinski definition) is 0. The normalized spacial score (nSPS) is 0. The van der Waals surface area contributed by atoms with E-state index in [9.17, 15) is 0 Å². The molecule has 0 aromatic heterocycles. The molecule has 0 nitrogen and oxygen atoms in total. The van der Waals surface area contributed by atoms with Gasteiger partial charge in [-0.05, 0) is 0 Å². The first-order valence-corrected chi connectivity index (χ1v) is 0. The van der Waals surface area contributed by atoms with Gasteiger partial charge in [0.15, 0.2) is 0 Å². The second-order valence-corrected chi connectivity index (χ2v) is 0. The molecule has 0 saturated carbocycles. The average Bonchev–Trinajstić information content (AvgIpc) is 0. The number of rotatable bonds is 0. The molecule has 0 aliphatic rings. The van der Waals surface area contributed by atoms with Crippen LogP contribution in [0.1, 0.15) is 5.71 Å². The van der Waals surface area contributed by atoms with Gasteiger partial charge in [0, 0.05) is 36.5 Å². The maximum atomic E-state index is 0. The number of hydrogen-bond acceptors (Lipinski definition) is 0. The van der Waals surface area contributed by atoms with Crippen LogP contribution in [0.2, 0.25) is 0 Å². The summed E-state index contributed by atoms with van der Waals surface area (Å²) in [5.74, 6) is 0. The Morgan fingerprint density at radius 3 is 1.25 bits per heavy atom. The molecular formula is H4CaCuMgZn. The van der Waals surface area contributed by atoms with Crippen molar-refractivity contribution in [2.24, 2.45) is 0 Å². The fourth-order valence-corrected chi connectivity index (χ4v) is 0. The van der Waals surface area contributed by atoms with Crippen LogP contribution in [0.25, 0.3) is 0 Å². The first-order valence-electron chi connectivity index (χ1n) is 0. The second-order valence-electron chi connectivity index (χ2n) is 0. The van der Waals surface area contributed by atoms with Crippen LogP contribution < -0.4 is 0 Å². The molecule has 0 bridgehead atoms. The van der Waals surface area contributed by atoms with Gasteiger partial charge in [0.05, 0.1) is 0 Å². The molecule has 0 atom stereocenters. The maximum absolute atomic E-state index is 0. The van der Waals surface area contributed by atoms with Crippen LogP contribution in [-0.4, -0.2) is 60.8 Å². The SMILES string of the molecule is [Ca+2].[Cu].[H-].[H-].[H-].[H-].[Mg+2].[Zn]. The topological polar surface area (TPSA) is 0 Å². The summed E-state index contributed by atoms with van der Waals surface area (Å²) in [6.07, 6.45) is 0. The summed E-state index contributed by atoms with van der Waals surface area (Å²) >= 11 is 0. The van der Waals surface area contributed by atoms with Crippen LogP contribution in [0, 0.1) is 0 Å². The van der Waals surface area contributed by atoms with Crippen LogP contribution in [0.3, 0.4) is 0 Å². The summed E-state index contributed by atoms with van der Waals surface area (Å²) < 4.78 is 0. The summed E-state index contributed by atoms with van der Waals surface area (Å²) in [7, 11) is 0. The van der Waals surface area contributed by atoms with Gasteiger partial charge in [0.2, 0.25) is 0 Å². The molecule has 4 heteroatoms. The van der Waals surface area contributed by atoms with Crippen molar-refractivity contribution >= 4 is 60.8 Å². The van der Waals surface area contributed by atoms with Crippen molar-refractivity contribution in [2.75, 3.05) is 0 Å². The predicted octanol–water partition coefficient (Wildman–Crippen LogP) is -0.317. The zero-order valence-corrected chi connectivity index (χ0v) is 9.95. The van der Waals surface area contributed by atoms with Gasteiger partial charge in [-0.3, -0.25) is 0 Å². The van der Waals surface area contributed by atoms with Crippen LogP contribution in [0.15, 0.2) is 0 Å². The van der Waals surface area contributed by atoms with E-state index in [1.54, 1.807) is 0 Å². The van der Waals surface area contributed by atoms with Gasteiger partial charge >= 0.3 is 60.8 Å². The Morgan fingerprint density at radius 1 is 1.25 bits per heavy atom. The van der Waals surface area contributed by atoms with Gasteiger partial charge in [-0.25, -0.2) is 0 Å². The second kappa shape index (κ2) is 16.4. The van der Waals surface area contributed by atoms with Crippen molar-refractivity contribution in [3.05, 3.63) is 0 Å².